The summed E-state index contributed by atoms with van der Waals surface area (Å²) in [5, 5.41) is 0. The predicted molar refractivity (Wildman–Crippen MR) is 73.2 cm³/mol. The van der Waals surface area contributed by atoms with E-state index in [0.29, 0.717) is 5.92 Å². The molecule has 1 amide bonds. The zero-order chi connectivity index (χ0) is 14.2. The van der Waals surface area contributed by atoms with Crippen LogP contribution < -0.4 is 16.2 Å². The lowest BCUT2D eigenvalue weighted by atomic mass is 9.80. The summed E-state index contributed by atoms with van der Waals surface area (Å²) in [4.78, 5) is 13.5. The van der Waals surface area contributed by atoms with Gasteiger partial charge in [-0.1, -0.05) is 13.0 Å². The van der Waals surface area contributed by atoms with Crippen LogP contribution in [-0.2, 0) is 4.79 Å². The molecule has 1 atom stereocenters. The van der Waals surface area contributed by atoms with Crippen molar-refractivity contribution < 1.29 is 9.18 Å². The highest BCUT2D eigenvalue weighted by molar-refractivity contribution is 5.82. The maximum absolute atomic E-state index is 13.5. The number of nitrogens with two attached hydrogens (primary N) is 1. The number of carbonyl (C=O) groups is 1. The van der Waals surface area contributed by atoms with Gasteiger partial charge in [-0.3, -0.25) is 10.2 Å². The molecular formula is C14H20FN3O. The van der Waals surface area contributed by atoms with E-state index in [0.717, 1.165) is 17.7 Å². The molecule has 0 radical (unpaired) electrons. The number of hydrazine groups is 1. The number of amides is 1. The molecule has 1 aliphatic heterocycles. The molecule has 0 unspecified atom stereocenters. The summed E-state index contributed by atoms with van der Waals surface area (Å²) in [6.07, 6.45) is 0.906. The third-order valence-electron chi connectivity index (χ3n) is 3.81. The number of nitrogens with zero attached hydrogens (tertiary/aromatic N) is 1. The van der Waals surface area contributed by atoms with Crippen LogP contribution in [-0.4, -0.2) is 18.0 Å². The molecular weight excluding hydrogens is 245 g/mol. The van der Waals surface area contributed by atoms with Gasteiger partial charge in [-0.05, 0) is 43.9 Å². The molecule has 4 nitrogen and oxygen atoms in total. The second-order valence-electron chi connectivity index (χ2n) is 5.77. The van der Waals surface area contributed by atoms with Crippen molar-refractivity contribution in [3.8, 4) is 0 Å². The molecule has 2 rings (SSSR count). The second-order valence-corrected chi connectivity index (χ2v) is 5.77. The molecule has 1 aromatic rings. The average Bonchev–Trinajstić information content (AvgIpc) is 2.33. The van der Waals surface area contributed by atoms with Crippen LogP contribution in [0.2, 0.25) is 0 Å². The van der Waals surface area contributed by atoms with Gasteiger partial charge in [0.2, 0.25) is 0 Å². The number of rotatable bonds is 2. The topological polar surface area (TPSA) is 58.4 Å². The van der Waals surface area contributed by atoms with Crippen molar-refractivity contribution in [3.05, 3.63) is 29.6 Å². The van der Waals surface area contributed by atoms with Gasteiger partial charge in [-0.15, -0.1) is 0 Å². The number of hydrogen-bond donors (Lipinski definition) is 2. The molecule has 5 heteroatoms. The van der Waals surface area contributed by atoms with Crippen molar-refractivity contribution in [1.29, 1.82) is 0 Å². The van der Waals surface area contributed by atoms with E-state index in [1.165, 1.54) is 12.1 Å². The number of hydrogen-bond acceptors (Lipinski definition) is 3. The van der Waals surface area contributed by atoms with Crippen molar-refractivity contribution in [2.75, 3.05) is 11.4 Å². The van der Waals surface area contributed by atoms with Crippen molar-refractivity contribution in [1.82, 2.24) is 5.43 Å². The van der Waals surface area contributed by atoms with Crippen LogP contribution in [0.25, 0.3) is 0 Å². The smallest absolute Gasteiger partial charge is 0.253 e. The highest BCUT2D eigenvalue weighted by Gasteiger charge is 2.37. The molecule has 0 saturated carbocycles. The molecule has 1 heterocycles. The van der Waals surface area contributed by atoms with Gasteiger partial charge in [-0.25, -0.2) is 10.2 Å². The van der Waals surface area contributed by atoms with Crippen molar-refractivity contribution in [2.45, 2.75) is 38.6 Å². The Morgan fingerprint density at radius 2 is 2.26 bits per heavy atom. The van der Waals surface area contributed by atoms with Crippen molar-refractivity contribution in [2.24, 2.45) is 5.84 Å². The average molecular weight is 265 g/mol. The Labute approximate surface area is 112 Å². The number of anilines is 1. The molecule has 0 aromatic heterocycles. The van der Waals surface area contributed by atoms with E-state index < -0.39 is 0 Å². The summed E-state index contributed by atoms with van der Waals surface area (Å²) in [7, 11) is 0. The number of halogens is 1. The Balaban J connectivity index is 2.47. The van der Waals surface area contributed by atoms with E-state index in [4.69, 9.17) is 5.84 Å². The highest BCUT2D eigenvalue weighted by atomic mass is 19.1. The van der Waals surface area contributed by atoms with Gasteiger partial charge in [-0.2, -0.15) is 0 Å². The molecule has 0 fully saturated rings. The summed E-state index contributed by atoms with van der Waals surface area (Å²) in [5.74, 6) is 4.92. The van der Waals surface area contributed by atoms with Crippen LogP contribution in [0.1, 0.15) is 38.7 Å². The number of nitrogens with one attached hydrogen (secondary N) is 1. The molecule has 19 heavy (non-hydrogen) atoms. The Hall–Kier alpha value is -1.62. The van der Waals surface area contributed by atoms with E-state index in [9.17, 15) is 9.18 Å². The zero-order valence-corrected chi connectivity index (χ0v) is 11.5. The van der Waals surface area contributed by atoms with Crippen molar-refractivity contribution in [3.63, 3.8) is 0 Å². The van der Waals surface area contributed by atoms with E-state index in [-0.39, 0.29) is 23.8 Å². The van der Waals surface area contributed by atoms with E-state index in [1.807, 2.05) is 4.90 Å². The SMILES string of the molecule is C[C@H]1CC(C)(C)N(CC(=O)NN)c2cc(F)ccc21. The Morgan fingerprint density at radius 1 is 1.58 bits per heavy atom. The normalized spacial score (nSPS) is 20.9. The fraction of sp³-hybridized carbons (Fsp3) is 0.500. The number of benzene rings is 1. The lowest BCUT2D eigenvalue weighted by Crippen LogP contribution is -2.53. The van der Waals surface area contributed by atoms with Gasteiger partial charge in [0, 0.05) is 11.2 Å². The Kier molecular flexibility index (Phi) is 3.49. The van der Waals surface area contributed by atoms with E-state index >= 15 is 0 Å². The predicted octanol–water partition coefficient (Wildman–Crippen LogP) is 1.91. The zero-order valence-electron chi connectivity index (χ0n) is 11.5. The van der Waals surface area contributed by atoms with Crippen LogP contribution in [0.5, 0.6) is 0 Å². The van der Waals surface area contributed by atoms with Crippen LogP contribution in [0.3, 0.4) is 0 Å². The molecule has 1 aliphatic rings. The van der Waals surface area contributed by atoms with Gasteiger partial charge in [0.05, 0.1) is 6.54 Å². The summed E-state index contributed by atoms with van der Waals surface area (Å²) >= 11 is 0. The largest absolute Gasteiger partial charge is 0.357 e. The Bertz CT molecular complexity index is 501. The summed E-state index contributed by atoms with van der Waals surface area (Å²) in [6.45, 7) is 6.37. The van der Waals surface area contributed by atoms with Crippen LogP contribution in [0, 0.1) is 5.82 Å². The number of fused-ring (bicyclic) bond motifs is 1. The summed E-state index contributed by atoms with van der Waals surface area (Å²) in [5.41, 5.74) is 3.78. The minimum absolute atomic E-state index is 0.132. The minimum Gasteiger partial charge on any atom is -0.357 e. The minimum atomic E-state index is -0.290. The summed E-state index contributed by atoms with van der Waals surface area (Å²) < 4.78 is 13.5. The first-order valence-electron chi connectivity index (χ1n) is 6.41. The van der Waals surface area contributed by atoms with Crippen LogP contribution in [0.15, 0.2) is 18.2 Å². The van der Waals surface area contributed by atoms with Crippen molar-refractivity contribution >= 4 is 11.6 Å². The third-order valence-corrected chi connectivity index (χ3v) is 3.81. The molecule has 0 bridgehead atoms. The molecule has 104 valence electrons. The third kappa shape index (κ3) is 2.56. The lowest BCUT2D eigenvalue weighted by molar-refractivity contribution is -0.120. The maximum Gasteiger partial charge on any atom is 0.253 e. The molecule has 3 N–H and O–H groups in total. The fourth-order valence-corrected chi connectivity index (χ4v) is 2.95. The lowest BCUT2D eigenvalue weighted by Gasteiger charge is -2.47. The summed E-state index contributed by atoms with van der Waals surface area (Å²) in [6, 6.07) is 4.77. The van der Waals surface area contributed by atoms with Gasteiger partial charge < -0.3 is 4.90 Å². The number of carbonyl (C=O) groups excluding carboxylic acids is 1. The first-order valence-corrected chi connectivity index (χ1v) is 6.41. The first kappa shape index (κ1) is 13.8. The van der Waals surface area contributed by atoms with E-state index in [2.05, 4.69) is 26.2 Å². The maximum atomic E-state index is 13.5. The van der Waals surface area contributed by atoms with E-state index in [1.54, 1.807) is 6.07 Å². The van der Waals surface area contributed by atoms with Gasteiger partial charge >= 0.3 is 0 Å². The van der Waals surface area contributed by atoms with Crippen LogP contribution >= 0.6 is 0 Å². The first-order chi connectivity index (χ1) is 8.85. The fourth-order valence-electron chi connectivity index (χ4n) is 2.95. The standard InChI is InChI=1S/C14H20FN3O/c1-9-7-14(2,3)18(8-13(19)17-16)12-6-10(15)4-5-11(9)12/h4-6,9H,7-8,16H2,1-3H3,(H,17,19)/t9-/m0/s1. The van der Waals surface area contributed by atoms with Gasteiger partial charge in [0.15, 0.2) is 0 Å². The molecule has 0 aliphatic carbocycles. The monoisotopic (exact) mass is 265 g/mol. The van der Waals surface area contributed by atoms with Gasteiger partial charge in [0.1, 0.15) is 5.82 Å². The molecule has 1 aromatic carbocycles. The Morgan fingerprint density at radius 3 is 2.89 bits per heavy atom. The quantitative estimate of drug-likeness (QED) is 0.488. The highest BCUT2D eigenvalue weighted by Crippen LogP contribution is 2.43. The molecule has 0 spiro atoms. The van der Waals surface area contributed by atoms with Gasteiger partial charge in [0.25, 0.3) is 5.91 Å². The molecule has 0 saturated heterocycles. The second kappa shape index (κ2) is 4.81. The van der Waals surface area contributed by atoms with Crippen LogP contribution in [0.4, 0.5) is 10.1 Å².